The van der Waals surface area contributed by atoms with Gasteiger partial charge in [-0.1, -0.05) is 20.3 Å². The van der Waals surface area contributed by atoms with Crippen LogP contribution in [-0.2, 0) is 15.7 Å². The van der Waals surface area contributed by atoms with Gasteiger partial charge < -0.3 is 30.5 Å². The maximum absolute atomic E-state index is 13.8. The van der Waals surface area contributed by atoms with E-state index < -0.39 is 17.8 Å². The molecule has 220 valence electrons. The summed E-state index contributed by atoms with van der Waals surface area (Å²) in [4.78, 5) is 36.8. The highest BCUT2D eigenvalue weighted by atomic mass is 19.4. The molecule has 2 amide bonds. The molecular weight excluding hydrogens is 527 g/mol. The number of carbonyl (C=O) groups excluding carboxylic acids is 2. The monoisotopic (exact) mass is 565 g/mol. The minimum atomic E-state index is -4.67. The lowest BCUT2D eigenvalue weighted by Gasteiger charge is -2.33. The van der Waals surface area contributed by atoms with Gasteiger partial charge in [-0.3, -0.25) is 9.59 Å². The van der Waals surface area contributed by atoms with Crippen molar-refractivity contribution < 1.29 is 27.5 Å². The van der Waals surface area contributed by atoms with E-state index in [4.69, 9.17) is 4.74 Å². The minimum absolute atomic E-state index is 0. The number of aromatic nitrogens is 2. The van der Waals surface area contributed by atoms with Crippen LogP contribution in [0, 0.1) is 0 Å². The second-order valence-corrected chi connectivity index (χ2v) is 9.89. The Balaban J connectivity index is 0.00000441. The number of carbonyl (C=O) groups is 2. The molecule has 40 heavy (non-hydrogen) atoms. The Morgan fingerprint density at radius 2 is 1.70 bits per heavy atom. The zero-order valence-corrected chi connectivity index (χ0v) is 22.1. The molecule has 10 nitrogen and oxygen atoms in total. The normalized spacial score (nSPS) is 19.9. The van der Waals surface area contributed by atoms with Gasteiger partial charge in [-0.15, -0.1) is 0 Å². The number of amides is 2. The highest BCUT2D eigenvalue weighted by Gasteiger charge is 2.37. The molecule has 1 saturated heterocycles. The molecule has 4 rings (SSSR count). The first-order valence-electron chi connectivity index (χ1n) is 13.0. The third-order valence-electron chi connectivity index (χ3n) is 6.98. The maximum Gasteiger partial charge on any atom is 0.421 e. The number of benzene rings is 1. The van der Waals surface area contributed by atoms with E-state index in [0.29, 0.717) is 37.2 Å². The molecule has 3 N–H and O–H groups in total. The molecule has 13 heteroatoms. The van der Waals surface area contributed by atoms with Crippen molar-refractivity contribution in [3.8, 4) is 0 Å². The van der Waals surface area contributed by atoms with Crippen LogP contribution in [0.4, 0.5) is 30.6 Å². The molecule has 0 spiro atoms. The van der Waals surface area contributed by atoms with E-state index in [-0.39, 0.29) is 43.7 Å². The third kappa shape index (κ3) is 8.04. The summed E-state index contributed by atoms with van der Waals surface area (Å²) < 4.78 is 46.3. The first-order chi connectivity index (χ1) is 18.6. The first kappa shape index (κ1) is 31.1. The van der Waals surface area contributed by atoms with Crippen molar-refractivity contribution in [2.24, 2.45) is 0 Å². The van der Waals surface area contributed by atoms with E-state index >= 15 is 0 Å². The standard InChI is InChI=1S/C26H34F3N7O3.CH4/c1-35-11-13-36(14-12-35)24(38)17-7-9-18(10-8-17)31-25-30-15-19(26(27,28)29)23(34-25)33-21-6-4-3-5-20(21)32-22(37)16-39-2;/h7-10,15,20-21H,3-6,11-14,16H2,1-2H3,(H,32,37)(H2,30,31,33,34);1H4/t20-,21+;/m0./s1. The molecule has 2 aliphatic rings. The predicted molar refractivity (Wildman–Crippen MR) is 147 cm³/mol. The summed E-state index contributed by atoms with van der Waals surface area (Å²) in [5.41, 5.74) is 0.0615. The number of alkyl halides is 3. The quantitative estimate of drug-likeness (QED) is 0.444. The topological polar surface area (TPSA) is 112 Å². The Morgan fingerprint density at radius 3 is 2.33 bits per heavy atom. The Bertz CT molecular complexity index is 1140. The van der Waals surface area contributed by atoms with Gasteiger partial charge in [-0.05, 0) is 44.2 Å². The first-order valence-corrected chi connectivity index (χ1v) is 13.0. The third-order valence-corrected chi connectivity index (χ3v) is 6.98. The van der Waals surface area contributed by atoms with Crippen LogP contribution in [0.25, 0.3) is 0 Å². The highest BCUT2D eigenvalue weighted by Crippen LogP contribution is 2.35. The van der Waals surface area contributed by atoms with Gasteiger partial charge >= 0.3 is 6.18 Å². The molecule has 2 atom stereocenters. The van der Waals surface area contributed by atoms with Crippen LogP contribution in [0.2, 0.25) is 0 Å². The number of rotatable bonds is 8. The fraction of sp³-hybridized carbons (Fsp3) is 0.556. The summed E-state index contributed by atoms with van der Waals surface area (Å²) in [5, 5.41) is 8.69. The van der Waals surface area contributed by atoms with Crippen LogP contribution in [0.1, 0.15) is 49.0 Å². The molecular formula is C27H38F3N7O3. The fourth-order valence-corrected chi connectivity index (χ4v) is 4.81. The van der Waals surface area contributed by atoms with Gasteiger partial charge in [0.1, 0.15) is 18.0 Å². The SMILES string of the molecule is C.COCC(=O)N[C@H]1CCCC[C@H]1Nc1nc(Nc2ccc(C(=O)N3CCN(C)CC3)cc2)ncc1C(F)(F)F. The van der Waals surface area contributed by atoms with Crippen molar-refractivity contribution >= 4 is 29.3 Å². The van der Waals surface area contributed by atoms with Gasteiger partial charge in [-0.2, -0.15) is 18.2 Å². The molecule has 1 aliphatic carbocycles. The smallest absolute Gasteiger partial charge is 0.375 e. The van der Waals surface area contributed by atoms with Crippen LogP contribution < -0.4 is 16.0 Å². The molecule has 1 aromatic carbocycles. The number of methoxy groups -OCH3 is 1. The summed E-state index contributed by atoms with van der Waals surface area (Å²) >= 11 is 0. The molecule has 0 radical (unpaired) electrons. The van der Waals surface area contributed by atoms with Crippen LogP contribution in [0.3, 0.4) is 0 Å². The highest BCUT2D eigenvalue weighted by molar-refractivity contribution is 5.94. The van der Waals surface area contributed by atoms with E-state index in [0.717, 1.165) is 32.1 Å². The predicted octanol–water partition coefficient (Wildman–Crippen LogP) is 3.75. The summed E-state index contributed by atoms with van der Waals surface area (Å²) in [6, 6.07) is 5.87. The number of piperazine rings is 1. The number of ether oxygens (including phenoxy) is 1. The molecule has 2 heterocycles. The largest absolute Gasteiger partial charge is 0.421 e. The number of hydrogen-bond acceptors (Lipinski definition) is 8. The van der Waals surface area contributed by atoms with Crippen LogP contribution >= 0.6 is 0 Å². The number of nitrogens with one attached hydrogen (secondary N) is 3. The Morgan fingerprint density at radius 1 is 1.05 bits per heavy atom. The number of nitrogens with zero attached hydrogens (tertiary/aromatic N) is 4. The molecule has 0 unspecified atom stereocenters. The second-order valence-electron chi connectivity index (χ2n) is 9.89. The van der Waals surface area contributed by atoms with Crippen LogP contribution in [-0.4, -0.2) is 90.6 Å². The number of anilines is 3. The molecule has 1 aromatic heterocycles. The Labute approximate surface area is 232 Å². The second kappa shape index (κ2) is 13.8. The molecule has 2 aromatic rings. The van der Waals surface area contributed by atoms with Crippen molar-refractivity contribution in [1.29, 1.82) is 0 Å². The lowest BCUT2D eigenvalue weighted by molar-refractivity contribution is -0.137. The van der Waals surface area contributed by atoms with Gasteiger partial charge in [0.25, 0.3) is 5.91 Å². The van der Waals surface area contributed by atoms with Gasteiger partial charge in [0, 0.05) is 62.8 Å². The molecule has 1 saturated carbocycles. The molecule has 2 fully saturated rings. The van der Waals surface area contributed by atoms with Gasteiger partial charge in [0.2, 0.25) is 11.9 Å². The minimum Gasteiger partial charge on any atom is -0.375 e. The number of likely N-dealkylation sites (N-methyl/N-ethyl adjacent to an activating group) is 1. The zero-order valence-electron chi connectivity index (χ0n) is 22.1. The summed E-state index contributed by atoms with van der Waals surface area (Å²) in [7, 11) is 3.42. The van der Waals surface area contributed by atoms with E-state index in [9.17, 15) is 22.8 Å². The van der Waals surface area contributed by atoms with Gasteiger partial charge in [-0.25, -0.2) is 4.98 Å². The molecule has 1 aliphatic heterocycles. The van der Waals surface area contributed by atoms with E-state index in [1.54, 1.807) is 29.2 Å². The van der Waals surface area contributed by atoms with E-state index in [2.05, 4.69) is 30.8 Å². The maximum atomic E-state index is 13.8. The van der Waals surface area contributed by atoms with Gasteiger partial charge in [0.15, 0.2) is 0 Å². The fourth-order valence-electron chi connectivity index (χ4n) is 4.81. The van der Waals surface area contributed by atoms with Crippen molar-refractivity contribution in [3.05, 3.63) is 41.6 Å². The molecule has 0 bridgehead atoms. The van der Waals surface area contributed by atoms with Crippen molar-refractivity contribution in [3.63, 3.8) is 0 Å². The lowest BCUT2D eigenvalue weighted by Crippen LogP contribution is -2.49. The average Bonchev–Trinajstić information content (AvgIpc) is 2.90. The summed E-state index contributed by atoms with van der Waals surface area (Å²) in [6.45, 7) is 2.81. The Hall–Kier alpha value is -3.45. The lowest BCUT2D eigenvalue weighted by atomic mass is 9.90. The number of halogens is 3. The van der Waals surface area contributed by atoms with E-state index in [1.807, 2.05) is 7.05 Å². The summed E-state index contributed by atoms with van der Waals surface area (Å²) in [5.74, 6) is -0.780. The van der Waals surface area contributed by atoms with Crippen LogP contribution in [0.15, 0.2) is 30.5 Å². The summed E-state index contributed by atoms with van der Waals surface area (Å²) in [6.07, 6.45) is -1.06. The van der Waals surface area contributed by atoms with Gasteiger partial charge in [0.05, 0.1) is 0 Å². The number of hydrogen-bond donors (Lipinski definition) is 3. The van der Waals surface area contributed by atoms with Crippen LogP contribution in [0.5, 0.6) is 0 Å². The average molecular weight is 566 g/mol. The van der Waals surface area contributed by atoms with Crippen molar-refractivity contribution in [2.75, 3.05) is 57.6 Å². The van der Waals surface area contributed by atoms with E-state index in [1.165, 1.54) is 7.11 Å². The van der Waals surface area contributed by atoms with Crippen molar-refractivity contribution in [2.45, 2.75) is 51.4 Å². The Kier molecular flexibility index (Phi) is 10.7. The van der Waals surface area contributed by atoms with Crippen molar-refractivity contribution in [1.82, 2.24) is 25.1 Å². The zero-order chi connectivity index (χ0) is 28.0.